The number of hydrogen-bond acceptors (Lipinski definition) is 7. The van der Waals surface area contributed by atoms with Gasteiger partial charge in [0.15, 0.2) is 13.2 Å². The monoisotopic (exact) mass is 637 g/mol. The van der Waals surface area contributed by atoms with Crippen molar-refractivity contribution in [3.05, 3.63) is 138 Å². The molecule has 1 saturated heterocycles. The summed E-state index contributed by atoms with van der Waals surface area (Å²) in [6.07, 6.45) is -3.28. The van der Waals surface area contributed by atoms with E-state index in [0.29, 0.717) is 11.1 Å². The van der Waals surface area contributed by atoms with E-state index in [-0.39, 0.29) is 11.6 Å². The summed E-state index contributed by atoms with van der Waals surface area (Å²) in [5, 5.41) is 1.85. The molecule has 1 aliphatic rings. The Balaban J connectivity index is 1.52. The van der Waals surface area contributed by atoms with E-state index in [1.807, 2.05) is 36.4 Å². The van der Waals surface area contributed by atoms with Gasteiger partial charge in [0, 0.05) is 0 Å². The number of benzene rings is 4. The average Bonchev–Trinajstić information content (AvgIpc) is 3.36. The highest BCUT2D eigenvalue weighted by atomic mass is 28.4. The molecule has 9 nitrogen and oxygen atoms in total. The Hall–Kier alpha value is -4.64. The van der Waals surface area contributed by atoms with E-state index in [2.05, 4.69) is 50.5 Å². The van der Waals surface area contributed by atoms with E-state index in [4.69, 9.17) is 24.2 Å². The molecule has 0 aliphatic carbocycles. The van der Waals surface area contributed by atoms with Crippen LogP contribution in [0.5, 0.6) is 0 Å². The topological polar surface area (TPSA) is 112 Å². The summed E-state index contributed by atoms with van der Waals surface area (Å²) >= 11 is 0. The fraction of sp³-hybridized carbons (Fsp3) is 0.278. The van der Waals surface area contributed by atoms with Crippen molar-refractivity contribution in [3.63, 3.8) is 0 Å². The van der Waals surface area contributed by atoms with Crippen LogP contribution in [-0.4, -0.2) is 63.3 Å². The van der Waals surface area contributed by atoms with Crippen molar-refractivity contribution in [2.24, 2.45) is 0 Å². The van der Waals surface area contributed by atoms with Crippen LogP contribution < -0.4 is 10.4 Å². The Morgan fingerprint density at radius 1 is 0.761 bits per heavy atom. The molecule has 5 rings (SSSR count). The molecule has 0 radical (unpaired) electrons. The quantitative estimate of drug-likeness (QED) is 0.0743. The summed E-state index contributed by atoms with van der Waals surface area (Å²) in [4.78, 5) is 27.4. The fourth-order valence-corrected chi connectivity index (χ4v) is 10.5. The Morgan fingerprint density at radius 2 is 1.20 bits per heavy atom. The molecule has 0 saturated carbocycles. The highest BCUT2D eigenvalue weighted by molar-refractivity contribution is 6.99. The van der Waals surface area contributed by atoms with Gasteiger partial charge >= 0.3 is 11.9 Å². The summed E-state index contributed by atoms with van der Waals surface area (Å²) in [6, 6.07) is 36.5. The minimum Gasteiger partial charge on any atom is -0.452 e. The first-order chi connectivity index (χ1) is 22.1. The molecular weight excluding hydrogens is 598 g/mol. The third-order valence-corrected chi connectivity index (χ3v) is 13.0. The molecule has 0 aromatic heterocycles. The number of ether oxygens (including phenoxy) is 3. The first-order valence-electron chi connectivity index (χ1n) is 15.2. The fourth-order valence-electron chi connectivity index (χ4n) is 5.88. The molecular formula is C36H39N3O6Si. The second kappa shape index (κ2) is 14.2. The van der Waals surface area contributed by atoms with E-state index >= 15 is 0 Å². The smallest absolute Gasteiger partial charge is 0.340 e. The maximum atomic E-state index is 13.3. The molecule has 4 aromatic rings. The van der Waals surface area contributed by atoms with Gasteiger partial charge in [-0.2, -0.15) is 4.81 Å². The number of hydrogen-bond donors (Lipinski definition) is 1. The number of carbonyl (C=O) groups is 2. The predicted octanol–water partition coefficient (Wildman–Crippen LogP) is 5.70. The number of nitrogens with zero attached hydrogens (tertiary/aromatic N) is 2. The minimum absolute atomic E-state index is 0.0358. The van der Waals surface area contributed by atoms with Crippen LogP contribution in [0.4, 0.5) is 0 Å². The third kappa shape index (κ3) is 7.09. The van der Waals surface area contributed by atoms with Crippen LogP contribution in [0.3, 0.4) is 0 Å². The Kier molecular flexibility index (Phi) is 10.1. The van der Waals surface area contributed by atoms with Gasteiger partial charge in [0.1, 0.15) is 0 Å². The lowest BCUT2D eigenvalue weighted by atomic mass is 10.1. The standard InChI is InChI=1S/C36H39N3O6Si/c1-36(2,3)46(28-21-13-7-14-22-28,29-23-15-8-16-24-29)42-25-30-31(38-39(4)37)32(44-33(40)26-17-9-5-10-18-26)35(43-30)45-34(41)27-19-11-6-12-20-27/h5-24,30-32,35,37H,25H2,1-4H3/t30-,31-,32-,35-/m1/s1. The van der Waals surface area contributed by atoms with Crippen molar-refractivity contribution in [1.29, 1.82) is 5.53 Å². The molecule has 4 atom stereocenters. The van der Waals surface area contributed by atoms with Gasteiger partial charge in [-0.05, 0) is 39.7 Å². The Bertz CT molecular complexity index is 1580. The first kappa shape index (κ1) is 32.7. The maximum Gasteiger partial charge on any atom is 0.340 e. The Labute approximate surface area is 270 Å². The van der Waals surface area contributed by atoms with Crippen LogP contribution in [0.2, 0.25) is 5.04 Å². The highest BCUT2D eigenvalue weighted by Crippen LogP contribution is 2.38. The second-order valence-electron chi connectivity index (χ2n) is 12.2. The summed E-state index contributed by atoms with van der Waals surface area (Å²) in [6.45, 7) is 6.54. The summed E-state index contributed by atoms with van der Waals surface area (Å²) in [7, 11) is -1.54. The van der Waals surface area contributed by atoms with E-state index < -0.39 is 44.8 Å². The van der Waals surface area contributed by atoms with Crippen LogP contribution in [-0.2, 0) is 18.6 Å². The van der Waals surface area contributed by atoms with Gasteiger partial charge in [0.05, 0.1) is 29.9 Å². The normalized spacial score (nSPS) is 19.7. The van der Waals surface area contributed by atoms with Crippen LogP contribution >= 0.6 is 0 Å². The summed E-state index contributed by atoms with van der Waals surface area (Å²) < 4.78 is 25.3. The molecule has 1 aliphatic heterocycles. The molecule has 0 spiro atoms. The number of esters is 2. The lowest BCUT2D eigenvalue weighted by Crippen LogP contribution is -2.67. The summed E-state index contributed by atoms with van der Waals surface area (Å²) in [5.74, 6) is -1.27. The first-order valence-corrected chi connectivity index (χ1v) is 17.1. The van der Waals surface area contributed by atoms with Crippen molar-refractivity contribution >= 4 is 30.6 Å². The lowest BCUT2D eigenvalue weighted by Gasteiger charge is -2.43. The van der Waals surface area contributed by atoms with Crippen LogP contribution in [0.15, 0.2) is 121 Å². The van der Waals surface area contributed by atoms with Crippen molar-refractivity contribution in [2.75, 3.05) is 13.7 Å². The molecule has 0 unspecified atom stereocenters. The molecule has 4 aromatic carbocycles. The summed E-state index contributed by atoms with van der Waals surface area (Å²) in [5.41, 5.74) is 13.3. The van der Waals surface area contributed by atoms with Crippen molar-refractivity contribution in [2.45, 2.75) is 50.3 Å². The average molecular weight is 638 g/mol. The van der Waals surface area contributed by atoms with Crippen molar-refractivity contribution < 1.29 is 33.0 Å². The molecule has 238 valence electrons. The predicted molar refractivity (Wildman–Crippen MR) is 176 cm³/mol. The number of rotatable bonds is 11. The molecule has 0 bridgehead atoms. The highest BCUT2D eigenvalue weighted by Gasteiger charge is 2.54. The molecule has 1 heterocycles. The zero-order valence-electron chi connectivity index (χ0n) is 26.4. The van der Waals surface area contributed by atoms with E-state index in [1.54, 1.807) is 60.7 Å². The zero-order valence-corrected chi connectivity index (χ0v) is 27.4. The molecule has 10 heteroatoms. The SMILES string of the molecule is C[N+](=N)[N-][C@H]1[C@@H](OC(=O)c2ccccc2)[C@@H](OC(=O)c2ccccc2)O[C@@H]1CO[Si](c1ccccc1)(c1ccccc1)C(C)(C)C. The van der Waals surface area contributed by atoms with Gasteiger partial charge in [0.25, 0.3) is 8.32 Å². The van der Waals surface area contributed by atoms with Gasteiger partial charge in [-0.25, -0.2) is 20.5 Å². The van der Waals surface area contributed by atoms with Crippen molar-refractivity contribution in [1.82, 2.24) is 0 Å². The van der Waals surface area contributed by atoms with E-state index in [9.17, 15) is 9.59 Å². The molecule has 1 fully saturated rings. The third-order valence-electron chi connectivity index (χ3n) is 7.97. The number of nitrogens with one attached hydrogen (secondary N) is 1. The lowest BCUT2D eigenvalue weighted by molar-refractivity contribution is -0.545. The van der Waals surface area contributed by atoms with Crippen LogP contribution in [0, 0.1) is 5.53 Å². The zero-order chi connectivity index (χ0) is 32.7. The molecule has 0 amide bonds. The van der Waals surface area contributed by atoms with E-state index in [0.717, 1.165) is 15.2 Å². The molecule has 1 N–H and O–H groups in total. The van der Waals surface area contributed by atoms with Gasteiger partial charge in [-0.15, -0.1) is 0 Å². The molecule has 46 heavy (non-hydrogen) atoms. The van der Waals surface area contributed by atoms with Gasteiger partial charge in [0.2, 0.25) is 6.29 Å². The van der Waals surface area contributed by atoms with Crippen LogP contribution in [0.1, 0.15) is 41.5 Å². The van der Waals surface area contributed by atoms with Gasteiger partial charge in [-0.3, -0.25) is 0 Å². The van der Waals surface area contributed by atoms with Crippen molar-refractivity contribution in [3.8, 4) is 0 Å². The Morgan fingerprint density at radius 3 is 1.63 bits per heavy atom. The maximum absolute atomic E-state index is 13.3. The van der Waals surface area contributed by atoms with E-state index in [1.165, 1.54) is 7.05 Å². The van der Waals surface area contributed by atoms with Gasteiger partial charge in [-0.1, -0.05) is 118 Å². The van der Waals surface area contributed by atoms with Gasteiger partial charge < -0.3 is 18.6 Å². The number of carbonyl (C=O) groups excluding carboxylic acids is 2. The largest absolute Gasteiger partial charge is 0.452 e. The second-order valence-corrected chi connectivity index (χ2v) is 16.5. The van der Waals surface area contributed by atoms with Crippen LogP contribution in [0.25, 0.3) is 5.43 Å². The minimum atomic E-state index is -3.00.